The number of aliphatic hydroxyl groups excluding tert-OH is 1. The fourth-order valence-corrected chi connectivity index (χ4v) is 3.80. The number of likely N-dealkylation sites (N-methyl/N-ethyl adjacent to an activating group) is 1. The molecule has 1 atom stereocenters. The van der Waals surface area contributed by atoms with Crippen LogP contribution in [0, 0.1) is 5.82 Å². The second-order valence-corrected chi connectivity index (χ2v) is 7.30. The van der Waals surface area contributed by atoms with Gasteiger partial charge in [0.15, 0.2) is 0 Å². The summed E-state index contributed by atoms with van der Waals surface area (Å²) in [7, 11) is 1.53. The number of hydrogen-bond donors (Lipinski definition) is 1. The fraction of sp³-hybridized carbons (Fsp3) is 0.333. The van der Waals surface area contributed by atoms with Crippen molar-refractivity contribution >= 4 is 17.4 Å². The van der Waals surface area contributed by atoms with Gasteiger partial charge in [0, 0.05) is 18.7 Å². The van der Waals surface area contributed by atoms with Gasteiger partial charge in [-0.05, 0) is 55.1 Å². The summed E-state index contributed by atoms with van der Waals surface area (Å²) >= 11 is 0. The van der Waals surface area contributed by atoms with Crippen LogP contribution in [-0.2, 0) is 9.59 Å². The Morgan fingerprint density at radius 2 is 1.68 bits per heavy atom. The molecule has 1 heterocycles. The summed E-state index contributed by atoms with van der Waals surface area (Å²) in [5.41, 5.74) is 0.964. The molecule has 1 saturated heterocycles. The average molecular weight is 426 g/mol. The number of nitrogens with zero attached hydrogens (tertiary/aromatic N) is 2. The lowest BCUT2D eigenvalue weighted by molar-refractivity contribution is -0.140. The number of carbonyl (C=O) groups excluding carboxylic acids is 2. The van der Waals surface area contributed by atoms with Crippen LogP contribution in [0.15, 0.2) is 54.1 Å². The number of likely N-dealkylation sites (tertiary alicyclic amines) is 1. The molecule has 1 aliphatic rings. The number of aliphatic hydroxyl groups is 1. The number of halogens is 1. The van der Waals surface area contributed by atoms with Gasteiger partial charge in [-0.3, -0.25) is 9.59 Å². The van der Waals surface area contributed by atoms with E-state index in [0.29, 0.717) is 30.0 Å². The van der Waals surface area contributed by atoms with Gasteiger partial charge in [-0.25, -0.2) is 4.39 Å². The number of amides is 1. The highest BCUT2D eigenvalue weighted by Crippen LogP contribution is 2.39. The van der Waals surface area contributed by atoms with E-state index >= 15 is 0 Å². The highest BCUT2D eigenvalue weighted by molar-refractivity contribution is 6.46. The normalized spacial score (nSPS) is 18.1. The van der Waals surface area contributed by atoms with Crippen LogP contribution >= 0.6 is 0 Å². The van der Waals surface area contributed by atoms with Crippen LogP contribution in [0.25, 0.3) is 5.76 Å². The third kappa shape index (κ3) is 4.61. The van der Waals surface area contributed by atoms with Gasteiger partial charge in [-0.1, -0.05) is 26.0 Å². The van der Waals surface area contributed by atoms with Gasteiger partial charge in [0.25, 0.3) is 11.7 Å². The van der Waals surface area contributed by atoms with Crippen LogP contribution < -0.4 is 4.74 Å². The lowest BCUT2D eigenvalue weighted by Gasteiger charge is -2.28. The van der Waals surface area contributed by atoms with Gasteiger partial charge >= 0.3 is 0 Å². The van der Waals surface area contributed by atoms with E-state index in [0.717, 1.165) is 13.1 Å². The molecule has 0 bridgehead atoms. The van der Waals surface area contributed by atoms with Gasteiger partial charge in [-0.15, -0.1) is 0 Å². The van der Waals surface area contributed by atoms with E-state index in [2.05, 4.69) is 4.90 Å². The van der Waals surface area contributed by atoms with Crippen molar-refractivity contribution in [3.8, 4) is 5.75 Å². The summed E-state index contributed by atoms with van der Waals surface area (Å²) in [6, 6.07) is 11.4. The van der Waals surface area contributed by atoms with E-state index in [1.807, 2.05) is 13.8 Å². The molecule has 3 rings (SSSR count). The fourth-order valence-electron chi connectivity index (χ4n) is 3.80. The lowest BCUT2D eigenvalue weighted by atomic mass is 9.95. The first-order valence-electron chi connectivity index (χ1n) is 10.3. The molecule has 0 unspecified atom stereocenters. The molecule has 1 fully saturated rings. The van der Waals surface area contributed by atoms with Crippen molar-refractivity contribution in [3.63, 3.8) is 0 Å². The van der Waals surface area contributed by atoms with Crippen molar-refractivity contribution < 1.29 is 23.8 Å². The molecule has 0 saturated carbocycles. The molecule has 1 aliphatic heterocycles. The first kappa shape index (κ1) is 22.5. The molecule has 2 aromatic rings. The summed E-state index contributed by atoms with van der Waals surface area (Å²) in [5, 5.41) is 11.0. The van der Waals surface area contributed by atoms with Crippen LogP contribution in [0.1, 0.15) is 31.0 Å². The summed E-state index contributed by atoms with van der Waals surface area (Å²) in [4.78, 5) is 29.5. The summed E-state index contributed by atoms with van der Waals surface area (Å²) in [6.45, 7) is 6.58. The summed E-state index contributed by atoms with van der Waals surface area (Å²) < 4.78 is 18.7. The maximum atomic E-state index is 13.5. The van der Waals surface area contributed by atoms with E-state index in [-0.39, 0.29) is 11.3 Å². The van der Waals surface area contributed by atoms with Gasteiger partial charge in [0.2, 0.25) is 0 Å². The lowest BCUT2D eigenvalue weighted by Crippen LogP contribution is -2.38. The van der Waals surface area contributed by atoms with Gasteiger partial charge < -0.3 is 19.6 Å². The minimum atomic E-state index is -0.793. The van der Waals surface area contributed by atoms with Crippen LogP contribution in [0.3, 0.4) is 0 Å². The SMILES string of the molecule is CCN(CC)CCN1C(=O)C(=O)C(=C(O)c2ccc(OC)cc2)[C@H]1c1ccc(F)cc1. The average Bonchev–Trinajstić information content (AvgIpc) is 3.05. The molecule has 6 nitrogen and oxygen atoms in total. The van der Waals surface area contributed by atoms with Crippen LogP contribution in [0.5, 0.6) is 5.75 Å². The highest BCUT2D eigenvalue weighted by Gasteiger charge is 2.45. The van der Waals surface area contributed by atoms with Crippen LogP contribution in [-0.4, -0.2) is 59.9 Å². The second kappa shape index (κ2) is 9.75. The molecule has 2 aromatic carbocycles. The number of benzene rings is 2. The van der Waals surface area contributed by atoms with Gasteiger partial charge in [-0.2, -0.15) is 0 Å². The zero-order chi connectivity index (χ0) is 22.5. The third-order valence-electron chi connectivity index (χ3n) is 5.64. The minimum absolute atomic E-state index is 0.00122. The number of rotatable bonds is 8. The Morgan fingerprint density at radius 1 is 1.06 bits per heavy atom. The Labute approximate surface area is 181 Å². The Bertz CT molecular complexity index is 966. The van der Waals surface area contributed by atoms with Crippen molar-refractivity contribution in [1.29, 1.82) is 0 Å². The zero-order valence-corrected chi connectivity index (χ0v) is 18.0. The molecule has 0 aliphatic carbocycles. The smallest absolute Gasteiger partial charge is 0.295 e. The predicted octanol–water partition coefficient (Wildman–Crippen LogP) is 3.60. The third-order valence-corrected chi connectivity index (χ3v) is 5.64. The minimum Gasteiger partial charge on any atom is -0.507 e. The molecule has 31 heavy (non-hydrogen) atoms. The van der Waals surface area contributed by atoms with E-state index in [1.165, 1.54) is 36.3 Å². The number of methoxy groups -OCH3 is 1. The second-order valence-electron chi connectivity index (χ2n) is 7.30. The summed E-state index contributed by atoms with van der Waals surface area (Å²) in [5.74, 6) is -1.50. The molecule has 0 radical (unpaired) electrons. The number of ketones is 1. The van der Waals surface area contributed by atoms with Crippen LogP contribution in [0.4, 0.5) is 4.39 Å². The largest absolute Gasteiger partial charge is 0.507 e. The van der Waals surface area contributed by atoms with Crippen molar-refractivity contribution in [2.24, 2.45) is 0 Å². The van der Waals surface area contributed by atoms with Gasteiger partial charge in [0.05, 0.1) is 18.7 Å². The Balaban J connectivity index is 2.07. The molecular weight excluding hydrogens is 399 g/mol. The Hall–Kier alpha value is -3.19. The number of hydrogen-bond acceptors (Lipinski definition) is 5. The highest BCUT2D eigenvalue weighted by atomic mass is 19.1. The Kier molecular flexibility index (Phi) is 7.07. The molecule has 1 amide bonds. The van der Waals surface area contributed by atoms with E-state index in [1.54, 1.807) is 24.3 Å². The number of carbonyl (C=O) groups is 2. The molecule has 164 valence electrons. The number of ether oxygens (including phenoxy) is 1. The van der Waals surface area contributed by atoms with E-state index in [4.69, 9.17) is 4.74 Å². The van der Waals surface area contributed by atoms with Crippen molar-refractivity contribution in [2.45, 2.75) is 19.9 Å². The van der Waals surface area contributed by atoms with E-state index < -0.39 is 23.5 Å². The predicted molar refractivity (Wildman–Crippen MR) is 116 cm³/mol. The quantitative estimate of drug-likeness (QED) is 0.397. The van der Waals surface area contributed by atoms with Crippen LogP contribution in [0.2, 0.25) is 0 Å². The molecule has 1 N–H and O–H groups in total. The van der Waals surface area contributed by atoms with Crippen molar-refractivity contribution in [2.75, 3.05) is 33.3 Å². The van der Waals surface area contributed by atoms with Crippen molar-refractivity contribution in [3.05, 3.63) is 71.0 Å². The summed E-state index contributed by atoms with van der Waals surface area (Å²) in [6.07, 6.45) is 0. The molecule has 0 spiro atoms. The standard InChI is InChI=1S/C24H27FN2O4/c1-4-26(5-2)14-15-27-21(16-6-10-18(25)11-7-16)20(23(29)24(27)30)22(28)17-8-12-19(31-3)13-9-17/h6-13,21,28H,4-5,14-15H2,1-3H3/t21-/m1/s1. The molecule has 7 heteroatoms. The van der Waals surface area contributed by atoms with E-state index in [9.17, 15) is 19.1 Å². The zero-order valence-electron chi connectivity index (χ0n) is 18.0. The van der Waals surface area contributed by atoms with Gasteiger partial charge in [0.1, 0.15) is 17.3 Å². The maximum absolute atomic E-state index is 13.5. The number of Topliss-reactive ketones (excluding diaryl/α,β-unsaturated/α-hetero) is 1. The van der Waals surface area contributed by atoms with Crippen molar-refractivity contribution in [1.82, 2.24) is 9.80 Å². The molecular formula is C24H27FN2O4. The maximum Gasteiger partial charge on any atom is 0.295 e. The first-order chi connectivity index (χ1) is 14.9. The monoisotopic (exact) mass is 426 g/mol. The Morgan fingerprint density at radius 3 is 2.23 bits per heavy atom. The first-order valence-corrected chi connectivity index (χ1v) is 10.3. The molecule has 0 aromatic heterocycles. The topological polar surface area (TPSA) is 70.1 Å².